The van der Waals surface area contributed by atoms with Gasteiger partial charge in [-0.15, -0.1) is 0 Å². The van der Waals surface area contributed by atoms with E-state index in [-0.39, 0.29) is 11.8 Å². The molecule has 0 aliphatic carbocycles. The van der Waals surface area contributed by atoms with Gasteiger partial charge in [-0.1, -0.05) is 13.3 Å². The summed E-state index contributed by atoms with van der Waals surface area (Å²) in [7, 11) is 1.80. The normalized spacial score (nSPS) is 23.7. The number of hydrogen-bond donors (Lipinski definition) is 1. The maximum atomic E-state index is 12.5. The number of carbonyl (C=O) groups is 2. The lowest BCUT2D eigenvalue weighted by molar-refractivity contribution is -0.133. The monoisotopic (exact) mass is 264 g/mol. The third-order valence-electron chi connectivity index (χ3n) is 3.44. The van der Waals surface area contributed by atoms with Crippen LogP contribution in [0.3, 0.4) is 0 Å². The van der Waals surface area contributed by atoms with Gasteiger partial charge in [-0.2, -0.15) is 5.10 Å². The molecule has 0 spiro atoms. The third kappa shape index (κ3) is 2.34. The Morgan fingerprint density at radius 3 is 2.63 bits per heavy atom. The van der Waals surface area contributed by atoms with Gasteiger partial charge in [-0.25, -0.2) is 0 Å². The average Bonchev–Trinajstić information content (AvgIpc) is 2.66. The number of nitrogens with one attached hydrogen (secondary N) is 1. The SMILES string of the molecule is CCCC1NC(=O)C(C)N(c2cn(C)nc2C)C1=O. The zero-order valence-corrected chi connectivity index (χ0v) is 11.8. The van der Waals surface area contributed by atoms with Crippen LogP contribution in [-0.4, -0.2) is 33.7 Å². The van der Waals surface area contributed by atoms with Crippen molar-refractivity contribution in [2.45, 2.75) is 45.7 Å². The van der Waals surface area contributed by atoms with E-state index < -0.39 is 12.1 Å². The summed E-state index contributed by atoms with van der Waals surface area (Å²) >= 11 is 0. The summed E-state index contributed by atoms with van der Waals surface area (Å²) in [6.45, 7) is 5.58. The first-order chi connectivity index (χ1) is 8.95. The lowest BCUT2D eigenvalue weighted by atomic mass is 10.0. The number of aromatic nitrogens is 2. The minimum atomic E-state index is -0.497. The molecule has 1 N–H and O–H groups in total. The number of amides is 2. The van der Waals surface area contributed by atoms with E-state index in [4.69, 9.17) is 0 Å². The van der Waals surface area contributed by atoms with Gasteiger partial charge in [0, 0.05) is 13.2 Å². The Morgan fingerprint density at radius 2 is 2.11 bits per heavy atom. The molecule has 6 heteroatoms. The van der Waals surface area contributed by atoms with Crippen LogP contribution in [0.25, 0.3) is 0 Å². The maximum absolute atomic E-state index is 12.5. The molecule has 1 aliphatic rings. The molecule has 104 valence electrons. The first-order valence-electron chi connectivity index (χ1n) is 6.59. The molecule has 0 aromatic carbocycles. The molecule has 19 heavy (non-hydrogen) atoms. The Hall–Kier alpha value is -1.85. The van der Waals surface area contributed by atoms with Gasteiger partial charge in [-0.3, -0.25) is 19.2 Å². The summed E-state index contributed by atoms with van der Waals surface area (Å²) in [4.78, 5) is 26.1. The van der Waals surface area contributed by atoms with Crippen molar-refractivity contribution in [3.8, 4) is 0 Å². The second kappa shape index (κ2) is 5.03. The zero-order valence-electron chi connectivity index (χ0n) is 11.8. The molecule has 0 saturated carbocycles. The second-order valence-corrected chi connectivity index (χ2v) is 5.01. The van der Waals surface area contributed by atoms with Crippen molar-refractivity contribution in [3.63, 3.8) is 0 Å². The van der Waals surface area contributed by atoms with Crippen molar-refractivity contribution in [1.29, 1.82) is 0 Å². The largest absolute Gasteiger partial charge is 0.342 e. The minimum absolute atomic E-state index is 0.0509. The summed E-state index contributed by atoms with van der Waals surface area (Å²) in [5, 5.41) is 7.03. The highest BCUT2D eigenvalue weighted by atomic mass is 16.2. The van der Waals surface area contributed by atoms with Crippen molar-refractivity contribution >= 4 is 17.5 Å². The van der Waals surface area contributed by atoms with Crippen LogP contribution in [0.2, 0.25) is 0 Å². The molecule has 6 nitrogen and oxygen atoms in total. The van der Waals surface area contributed by atoms with E-state index in [2.05, 4.69) is 10.4 Å². The van der Waals surface area contributed by atoms with E-state index in [9.17, 15) is 9.59 Å². The van der Waals surface area contributed by atoms with E-state index in [0.717, 1.165) is 17.8 Å². The van der Waals surface area contributed by atoms with Crippen LogP contribution in [0.4, 0.5) is 5.69 Å². The Balaban J connectivity index is 2.37. The number of rotatable bonds is 3. The number of carbonyl (C=O) groups excluding carboxylic acids is 2. The summed E-state index contributed by atoms with van der Waals surface area (Å²) < 4.78 is 1.66. The third-order valence-corrected chi connectivity index (χ3v) is 3.44. The van der Waals surface area contributed by atoms with Crippen molar-refractivity contribution in [1.82, 2.24) is 15.1 Å². The van der Waals surface area contributed by atoms with Gasteiger partial charge in [0.1, 0.15) is 12.1 Å². The molecule has 1 fully saturated rings. The summed E-state index contributed by atoms with van der Waals surface area (Å²) in [6.07, 6.45) is 3.30. The van der Waals surface area contributed by atoms with Crippen molar-refractivity contribution < 1.29 is 9.59 Å². The fourth-order valence-corrected chi connectivity index (χ4v) is 2.47. The Morgan fingerprint density at radius 1 is 1.42 bits per heavy atom. The van der Waals surface area contributed by atoms with Crippen LogP contribution in [0.1, 0.15) is 32.4 Å². The van der Waals surface area contributed by atoms with E-state index in [1.165, 1.54) is 0 Å². The van der Waals surface area contributed by atoms with E-state index >= 15 is 0 Å². The number of piperazine rings is 1. The smallest absolute Gasteiger partial charge is 0.250 e. The zero-order chi connectivity index (χ0) is 14.2. The molecule has 2 amide bonds. The second-order valence-electron chi connectivity index (χ2n) is 5.01. The molecule has 2 heterocycles. The maximum Gasteiger partial charge on any atom is 0.250 e. The number of nitrogens with zero attached hydrogens (tertiary/aromatic N) is 3. The quantitative estimate of drug-likeness (QED) is 0.876. The Labute approximate surface area is 112 Å². The molecule has 1 aromatic heterocycles. The predicted octanol–water partition coefficient (Wildman–Crippen LogP) is 0.749. The van der Waals surface area contributed by atoms with Gasteiger partial charge >= 0.3 is 0 Å². The number of hydrogen-bond acceptors (Lipinski definition) is 3. The molecule has 2 rings (SSSR count). The predicted molar refractivity (Wildman–Crippen MR) is 71.7 cm³/mol. The molecule has 1 aliphatic heterocycles. The van der Waals surface area contributed by atoms with E-state index in [1.807, 2.05) is 13.8 Å². The Bertz CT molecular complexity index is 509. The highest BCUT2D eigenvalue weighted by Crippen LogP contribution is 2.25. The number of aryl methyl sites for hydroxylation is 2. The molecule has 2 atom stereocenters. The Kier molecular flexibility index (Phi) is 3.59. The lowest BCUT2D eigenvalue weighted by Gasteiger charge is -2.36. The highest BCUT2D eigenvalue weighted by Gasteiger charge is 2.39. The van der Waals surface area contributed by atoms with Crippen LogP contribution < -0.4 is 10.2 Å². The van der Waals surface area contributed by atoms with Crippen molar-refractivity contribution in [2.75, 3.05) is 4.90 Å². The topological polar surface area (TPSA) is 67.2 Å². The minimum Gasteiger partial charge on any atom is -0.342 e. The van der Waals surface area contributed by atoms with Gasteiger partial charge in [0.2, 0.25) is 11.8 Å². The number of anilines is 1. The lowest BCUT2D eigenvalue weighted by Crippen LogP contribution is -2.62. The highest BCUT2D eigenvalue weighted by molar-refractivity contribution is 6.08. The van der Waals surface area contributed by atoms with Crippen LogP contribution in [0.5, 0.6) is 0 Å². The fourth-order valence-electron chi connectivity index (χ4n) is 2.47. The first kappa shape index (κ1) is 13.6. The summed E-state index contributed by atoms with van der Waals surface area (Å²) in [5.41, 5.74) is 1.48. The van der Waals surface area contributed by atoms with Gasteiger partial charge in [0.05, 0.1) is 11.4 Å². The van der Waals surface area contributed by atoms with Gasteiger partial charge < -0.3 is 5.32 Å². The van der Waals surface area contributed by atoms with Gasteiger partial charge in [0.15, 0.2) is 0 Å². The van der Waals surface area contributed by atoms with Crippen LogP contribution in [0, 0.1) is 6.92 Å². The summed E-state index contributed by atoms with van der Waals surface area (Å²) in [6, 6.07) is -0.920. The van der Waals surface area contributed by atoms with Crippen molar-refractivity contribution in [2.24, 2.45) is 7.05 Å². The van der Waals surface area contributed by atoms with Crippen LogP contribution in [-0.2, 0) is 16.6 Å². The molecular formula is C13H20N4O2. The van der Waals surface area contributed by atoms with Crippen LogP contribution >= 0.6 is 0 Å². The van der Waals surface area contributed by atoms with E-state index in [0.29, 0.717) is 6.42 Å². The summed E-state index contributed by atoms with van der Waals surface area (Å²) in [5.74, 6) is -0.161. The van der Waals surface area contributed by atoms with Gasteiger partial charge in [-0.05, 0) is 20.3 Å². The van der Waals surface area contributed by atoms with E-state index in [1.54, 1.807) is 29.7 Å². The standard InChI is InChI=1S/C13H20N4O2/c1-5-6-10-13(19)17(9(3)12(18)14-10)11-7-16(4)15-8(11)2/h7,9-10H,5-6H2,1-4H3,(H,14,18). The average molecular weight is 264 g/mol. The molecule has 0 bridgehead atoms. The molecule has 2 unspecified atom stereocenters. The molecule has 0 radical (unpaired) electrons. The fraction of sp³-hybridized carbons (Fsp3) is 0.615. The molecule has 1 saturated heterocycles. The molecular weight excluding hydrogens is 244 g/mol. The van der Waals surface area contributed by atoms with Crippen molar-refractivity contribution in [3.05, 3.63) is 11.9 Å². The first-order valence-corrected chi connectivity index (χ1v) is 6.59. The van der Waals surface area contributed by atoms with Gasteiger partial charge in [0.25, 0.3) is 0 Å². The molecule has 1 aromatic rings. The van der Waals surface area contributed by atoms with Crippen LogP contribution in [0.15, 0.2) is 6.20 Å².